The Morgan fingerprint density at radius 3 is 1.06 bits per heavy atom. The monoisotopic (exact) mass is 1620 g/mol. The Morgan fingerprint density at radius 1 is 0.412 bits per heavy atom. The molecule has 15 aromatic heterocycles. The Kier molecular flexibility index (Phi) is 93.0. The lowest BCUT2D eigenvalue weighted by Crippen LogP contribution is -1.91. The molecule has 0 bridgehead atoms. The maximum absolute atomic E-state index is 5.48. The van der Waals surface area contributed by atoms with Gasteiger partial charge >= 0.3 is 0 Å². The van der Waals surface area contributed by atoms with Crippen LogP contribution in [-0.4, -0.2) is 131 Å². The van der Waals surface area contributed by atoms with Gasteiger partial charge in [0.05, 0.1) is 60.8 Å². The number of hydrogen-bond acceptors (Lipinski definition) is 33. The van der Waals surface area contributed by atoms with Crippen molar-refractivity contribution in [3.63, 3.8) is 0 Å². The largest absolute Gasteiger partial charge is 0.452 e. The van der Waals surface area contributed by atoms with Crippen molar-refractivity contribution in [3.05, 3.63) is 228 Å². The van der Waals surface area contributed by atoms with E-state index in [9.17, 15) is 0 Å². The molecule has 15 aromatic rings. The van der Waals surface area contributed by atoms with Crippen LogP contribution in [0.25, 0.3) is 0 Å². The van der Waals surface area contributed by atoms with E-state index in [1.54, 1.807) is 165 Å². The van der Waals surface area contributed by atoms with Crippen LogP contribution in [0.15, 0.2) is 174 Å². The van der Waals surface area contributed by atoms with Gasteiger partial charge in [-0.2, -0.15) is 25.0 Å². The number of aryl methyl sites for hydroxylation is 21. The van der Waals surface area contributed by atoms with Crippen molar-refractivity contribution in [2.45, 2.75) is 236 Å². The van der Waals surface area contributed by atoms with Crippen molar-refractivity contribution in [1.29, 1.82) is 0 Å². The quantitative estimate of drug-likeness (QED) is 0.136. The summed E-state index contributed by atoms with van der Waals surface area (Å²) < 4.78 is 55.6. The fourth-order valence-electron chi connectivity index (χ4n) is 4.85. The minimum absolute atomic E-state index is 0. The second-order valence-corrected chi connectivity index (χ2v) is 19.2. The van der Waals surface area contributed by atoms with E-state index in [4.69, 9.17) is 24.9 Å². The number of nitrogens with zero attached hydrogens (tertiary/aromatic N) is 26. The Hall–Kier alpha value is -12.1. The van der Waals surface area contributed by atoms with Crippen LogP contribution < -0.4 is 0 Å². The van der Waals surface area contributed by atoms with Crippen LogP contribution in [0.5, 0.6) is 0 Å². The molecule has 0 unspecified atom stereocenters. The standard InChI is InChI=1S/C4H5ClN2.5C4H6N2O.2C4H6N2.6C4H5NO.C3H6N4.8C2H6.CH4/c1-7-3-4(5)2-6-7;1-3-5-6-4(2)7-3;2*1-3-5-4(2)7-6-3;2*1-3-4(2)6-7-5-3;1-6-3-2-5-4-6;1-6-4-2-3-5-6;1-4-2-6-3-5-4;1-4-2-5-3-6-4;1-4-2-5-6-3-4;1-4-5-2-3-6-4;1-4-2-3-6-5-4;1-4-2-3-5-6-4;1-3-4-6-7(2)5-3;8*1-2;/h2-3H,1H3;5*1-2H3;2*2-4H,1H3;6*2-3H,1H3;1-2H3;8*1-2H3;1H4. The SMILES string of the molecule is C.CC.CC.CC.CC.CC.CC.CC.CC.Cc1ccno1.Cc1ccon1.Cc1cnco1.Cc1cnoc1.Cc1cocn1.Cc1ncco1.Cc1nnc(C)o1.Cc1nnn(C)n1.Cc1noc(C)n1.Cc1noc(C)n1.Cc1nonc1C.Cc1nonc1C.Cn1cc(Cl)cn1.Cn1cccn1.Cn1ccnc1. The number of rotatable bonds is 0. The lowest BCUT2D eigenvalue weighted by molar-refractivity contribution is 0.302. The summed E-state index contributed by atoms with van der Waals surface area (Å²) >= 11 is 5.48. The molecule has 0 saturated carbocycles. The van der Waals surface area contributed by atoms with Crippen molar-refractivity contribution in [3.8, 4) is 0 Å². The highest BCUT2D eigenvalue weighted by Crippen LogP contribution is 2.02. The Labute approximate surface area is 680 Å². The average molecular weight is 1620 g/mol. The number of hydrogen-bond donors (Lipinski definition) is 0. The first kappa shape index (κ1) is 120. The lowest BCUT2D eigenvalue weighted by Gasteiger charge is -1.77. The Bertz CT molecular complexity index is 3300. The zero-order valence-corrected chi connectivity index (χ0v) is 74.8. The number of imidazole rings is 1. The van der Waals surface area contributed by atoms with Crippen LogP contribution in [0.3, 0.4) is 0 Å². The molecule has 0 fully saturated rings. The highest BCUT2D eigenvalue weighted by molar-refractivity contribution is 6.30. The van der Waals surface area contributed by atoms with Gasteiger partial charge in [-0.25, -0.2) is 29.2 Å². The van der Waals surface area contributed by atoms with Crippen molar-refractivity contribution < 1.29 is 49.5 Å². The van der Waals surface area contributed by atoms with Gasteiger partial charge in [-0.05, 0) is 94.4 Å². The van der Waals surface area contributed by atoms with Crippen LogP contribution >= 0.6 is 11.6 Å². The van der Waals surface area contributed by atoms with E-state index in [0.717, 1.165) is 57.1 Å². The number of tetrazole rings is 1. The van der Waals surface area contributed by atoms with E-state index in [1.165, 1.54) is 17.6 Å². The topological polar surface area (TPSA) is 448 Å². The third-order valence-corrected chi connectivity index (χ3v) is 9.75. The smallest absolute Gasteiger partial charge is 0.223 e. The van der Waals surface area contributed by atoms with Crippen LogP contribution in [0.4, 0.5) is 0 Å². The molecule has 38 heteroatoms. The molecule has 0 aliphatic carbocycles. The first-order valence-corrected chi connectivity index (χ1v) is 36.8. The van der Waals surface area contributed by atoms with Crippen molar-refractivity contribution >= 4 is 11.6 Å². The molecule has 15 rings (SSSR count). The van der Waals surface area contributed by atoms with Crippen molar-refractivity contribution in [2.24, 2.45) is 28.2 Å². The zero-order chi connectivity index (χ0) is 88.2. The number of aromatic nitrogens is 26. The van der Waals surface area contributed by atoms with Gasteiger partial charge < -0.3 is 44.9 Å². The van der Waals surface area contributed by atoms with E-state index >= 15 is 0 Å². The Balaban J connectivity index is -0.000000146. The van der Waals surface area contributed by atoms with E-state index < -0.39 is 0 Å². The highest BCUT2D eigenvalue weighted by Gasteiger charge is 1.96. The normalized spacial score (nSPS) is 8.19. The molecule has 114 heavy (non-hydrogen) atoms. The van der Waals surface area contributed by atoms with Crippen LogP contribution in [-0.2, 0) is 28.2 Å². The summed E-state index contributed by atoms with van der Waals surface area (Å²) in [6.07, 6.45) is 28.1. The molecule has 0 N–H and O–H groups in total. The van der Waals surface area contributed by atoms with Crippen LogP contribution in [0, 0.1) is 118 Å². The van der Waals surface area contributed by atoms with Crippen molar-refractivity contribution in [2.75, 3.05) is 0 Å². The van der Waals surface area contributed by atoms with Gasteiger partial charge in [0.25, 0.3) is 0 Å². The third kappa shape index (κ3) is 82.4. The van der Waals surface area contributed by atoms with E-state index in [0.29, 0.717) is 46.1 Å². The zero-order valence-electron chi connectivity index (χ0n) is 74.0. The average Bonchev–Trinajstić information content (AvgIpc) is 1.84. The maximum Gasteiger partial charge on any atom is 0.223 e. The first-order valence-electron chi connectivity index (χ1n) is 36.4. The molecule has 0 aliphatic rings. The van der Waals surface area contributed by atoms with Gasteiger partial charge in [0.2, 0.25) is 23.6 Å². The predicted octanol–water partition coefficient (Wildman–Crippen LogP) is 19.6. The fourth-order valence-corrected chi connectivity index (χ4v) is 5.03. The summed E-state index contributed by atoms with van der Waals surface area (Å²) in [5.41, 5.74) is 6.36. The fraction of sp³-hybridized carbons (Fsp3) is 0.500. The molecule has 0 amide bonds. The van der Waals surface area contributed by atoms with Gasteiger partial charge in [-0.3, -0.25) is 9.36 Å². The Morgan fingerprint density at radius 2 is 0.947 bits per heavy atom. The molecule has 37 nitrogen and oxygen atoms in total. The molecule has 0 aliphatic heterocycles. The van der Waals surface area contributed by atoms with Gasteiger partial charge in [0.1, 0.15) is 59.3 Å². The summed E-state index contributed by atoms with van der Waals surface area (Å²) in [7, 11) is 7.39. The molecule has 0 radical (unpaired) electrons. The summed E-state index contributed by atoms with van der Waals surface area (Å²) in [5.74, 6) is 7.02. The molecular weight excluding hydrogens is 1490 g/mol. The number of halogens is 1. The maximum atomic E-state index is 5.48. The predicted molar refractivity (Wildman–Crippen MR) is 442 cm³/mol. The second-order valence-electron chi connectivity index (χ2n) is 18.8. The molecule has 0 atom stereocenters. The van der Waals surface area contributed by atoms with Gasteiger partial charge in [-0.1, -0.05) is 176 Å². The van der Waals surface area contributed by atoms with Gasteiger partial charge in [-0.15, -0.1) is 20.4 Å². The summed E-state index contributed by atoms with van der Waals surface area (Å²) in [4.78, 5) is 24.0. The van der Waals surface area contributed by atoms with E-state index in [-0.39, 0.29) is 7.43 Å². The summed E-state index contributed by atoms with van der Waals surface area (Å²) in [6, 6.07) is 5.50. The first-order chi connectivity index (χ1) is 54.2. The molecular formula is C76H135ClN26O11. The van der Waals surface area contributed by atoms with Gasteiger partial charge in [0, 0.05) is 104 Å². The minimum atomic E-state index is 0. The molecule has 0 aromatic carbocycles. The summed E-state index contributed by atoms with van der Waals surface area (Å²) in [5, 5.41) is 58.1. The molecule has 15 heterocycles. The van der Waals surface area contributed by atoms with Crippen LogP contribution in [0.1, 0.15) is 216 Å². The minimum Gasteiger partial charge on any atom is -0.452 e. The highest BCUT2D eigenvalue weighted by atomic mass is 35.5. The van der Waals surface area contributed by atoms with Crippen molar-refractivity contribution in [1.82, 2.24) is 131 Å². The van der Waals surface area contributed by atoms with Crippen LogP contribution in [0.2, 0.25) is 5.02 Å². The second kappa shape index (κ2) is 88.2. The summed E-state index contributed by atoms with van der Waals surface area (Å²) in [6.45, 7) is 63.0. The van der Waals surface area contributed by atoms with E-state index in [2.05, 4.69) is 148 Å². The molecule has 0 spiro atoms. The van der Waals surface area contributed by atoms with Gasteiger partial charge in [0.15, 0.2) is 36.2 Å². The molecule has 0 saturated heterocycles. The third-order valence-electron chi connectivity index (χ3n) is 9.56. The lowest BCUT2D eigenvalue weighted by atomic mass is 10.4. The number of oxazole rings is 3. The van der Waals surface area contributed by atoms with E-state index in [1.807, 2.05) is 217 Å². The molecule has 642 valence electrons.